The summed E-state index contributed by atoms with van der Waals surface area (Å²) in [6.07, 6.45) is 3.86. The predicted molar refractivity (Wildman–Crippen MR) is 70.7 cm³/mol. The molecule has 4 heteroatoms. The third-order valence-corrected chi connectivity index (χ3v) is 5.33. The first-order valence-corrected chi connectivity index (χ1v) is 7.01. The van der Waals surface area contributed by atoms with Crippen molar-refractivity contribution in [1.82, 2.24) is 0 Å². The fourth-order valence-corrected chi connectivity index (χ4v) is 4.55. The normalized spacial score (nSPS) is 38.1. The molecule has 0 aliphatic heterocycles. The van der Waals surface area contributed by atoms with Crippen LogP contribution in [0.2, 0.25) is 0 Å². The van der Waals surface area contributed by atoms with Crippen LogP contribution >= 0.6 is 0 Å². The minimum Gasteiger partial charge on any atom is -0.397 e. The molecular weight excluding hydrogens is 243 g/mol. The Balaban J connectivity index is 1.52. The number of nitrogen functional groups attached to an aromatic ring is 1. The SMILES string of the molecule is Nc1cccc(F)c1NC(=O)C1C2C3CCC(C3)C12. The minimum atomic E-state index is -0.456. The number of anilines is 2. The molecule has 4 atom stereocenters. The maximum atomic E-state index is 13.7. The van der Waals surface area contributed by atoms with Crippen molar-refractivity contribution in [2.45, 2.75) is 19.3 Å². The zero-order valence-electron chi connectivity index (χ0n) is 10.6. The van der Waals surface area contributed by atoms with E-state index >= 15 is 0 Å². The number of rotatable bonds is 2. The molecular formula is C15H17FN2O. The molecule has 0 saturated heterocycles. The fraction of sp³-hybridized carbons (Fsp3) is 0.533. The van der Waals surface area contributed by atoms with Gasteiger partial charge < -0.3 is 11.1 Å². The summed E-state index contributed by atoms with van der Waals surface area (Å²) in [4.78, 5) is 12.3. The number of hydrogen-bond donors (Lipinski definition) is 2. The van der Waals surface area contributed by atoms with Gasteiger partial charge in [-0.1, -0.05) is 6.07 Å². The highest BCUT2D eigenvalue weighted by Gasteiger charge is 2.67. The topological polar surface area (TPSA) is 55.1 Å². The predicted octanol–water partition coefficient (Wildman–Crippen LogP) is 2.64. The lowest BCUT2D eigenvalue weighted by atomic mass is 10.0. The van der Waals surface area contributed by atoms with Gasteiger partial charge in [0.05, 0.1) is 5.69 Å². The number of amides is 1. The van der Waals surface area contributed by atoms with E-state index in [2.05, 4.69) is 5.32 Å². The van der Waals surface area contributed by atoms with Crippen molar-refractivity contribution in [2.75, 3.05) is 11.1 Å². The largest absolute Gasteiger partial charge is 0.397 e. The smallest absolute Gasteiger partial charge is 0.228 e. The van der Waals surface area contributed by atoms with Gasteiger partial charge in [-0.3, -0.25) is 4.79 Å². The Labute approximate surface area is 111 Å². The number of carbonyl (C=O) groups is 1. The summed E-state index contributed by atoms with van der Waals surface area (Å²) in [5.74, 6) is 2.21. The van der Waals surface area contributed by atoms with Crippen molar-refractivity contribution in [3.05, 3.63) is 24.0 Å². The molecule has 1 aromatic carbocycles. The number of carbonyl (C=O) groups excluding carboxylic acids is 1. The molecule has 3 fully saturated rings. The summed E-state index contributed by atoms with van der Waals surface area (Å²) in [7, 11) is 0. The first-order valence-electron chi connectivity index (χ1n) is 7.01. The summed E-state index contributed by atoms with van der Waals surface area (Å²) in [6.45, 7) is 0. The van der Waals surface area contributed by atoms with Crippen LogP contribution in [0.5, 0.6) is 0 Å². The second kappa shape index (κ2) is 3.71. The summed E-state index contributed by atoms with van der Waals surface area (Å²) in [5, 5.41) is 2.70. The van der Waals surface area contributed by atoms with Crippen molar-refractivity contribution in [2.24, 2.45) is 29.6 Å². The van der Waals surface area contributed by atoms with Crippen LogP contribution < -0.4 is 11.1 Å². The lowest BCUT2D eigenvalue weighted by Crippen LogP contribution is -2.20. The van der Waals surface area contributed by atoms with E-state index in [-0.39, 0.29) is 17.5 Å². The van der Waals surface area contributed by atoms with Crippen molar-refractivity contribution in [3.8, 4) is 0 Å². The molecule has 0 heterocycles. The molecule has 3 aliphatic rings. The molecule has 3 saturated carbocycles. The highest BCUT2D eigenvalue weighted by atomic mass is 19.1. The Morgan fingerprint density at radius 3 is 2.58 bits per heavy atom. The molecule has 0 spiro atoms. The summed E-state index contributed by atoms with van der Waals surface area (Å²) in [5.41, 5.74) is 6.16. The van der Waals surface area contributed by atoms with Gasteiger partial charge in [0.1, 0.15) is 11.5 Å². The van der Waals surface area contributed by atoms with E-state index in [0.29, 0.717) is 17.5 Å². The van der Waals surface area contributed by atoms with Crippen LogP contribution in [0, 0.1) is 35.4 Å². The van der Waals surface area contributed by atoms with E-state index in [1.807, 2.05) is 0 Å². The highest BCUT2D eigenvalue weighted by molar-refractivity contribution is 5.97. The molecule has 1 aromatic rings. The van der Waals surface area contributed by atoms with Crippen LogP contribution in [0.4, 0.5) is 15.8 Å². The van der Waals surface area contributed by atoms with Crippen molar-refractivity contribution in [3.63, 3.8) is 0 Å². The van der Waals surface area contributed by atoms with E-state index in [9.17, 15) is 9.18 Å². The van der Waals surface area contributed by atoms with Gasteiger partial charge in [0, 0.05) is 5.92 Å². The standard InChI is InChI=1S/C15H17FN2O/c16-9-2-1-3-10(17)14(9)18-15(19)13-11-7-4-5-8(6-7)12(11)13/h1-3,7-8,11-13H,4-6,17H2,(H,18,19). The number of nitrogens with two attached hydrogens (primary N) is 1. The van der Waals surface area contributed by atoms with Crippen molar-refractivity contribution < 1.29 is 9.18 Å². The average Bonchev–Trinajstić information content (AvgIpc) is 2.83. The maximum absolute atomic E-state index is 13.7. The van der Waals surface area contributed by atoms with Crippen LogP contribution in [0.3, 0.4) is 0 Å². The van der Waals surface area contributed by atoms with Gasteiger partial charge >= 0.3 is 0 Å². The van der Waals surface area contributed by atoms with Gasteiger partial charge in [-0.15, -0.1) is 0 Å². The molecule has 0 radical (unpaired) electrons. The second-order valence-electron chi connectivity index (χ2n) is 6.21. The Morgan fingerprint density at radius 1 is 1.26 bits per heavy atom. The van der Waals surface area contributed by atoms with Crippen molar-refractivity contribution in [1.29, 1.82) is 0 Å². The third-order valence-electron chi connectivity index (χ3n) is 5.33. The molecule has 4 rings (SSSR count). The maximum Gasteiger partial charge on any atom is 0.228 e. The lowest BCUT2D eigenvalue weighted by Gasteiger charge is -2.11. The van der Waals surface area contributed by atoms with E-state index in [1.165, 1.54) is 25.3 Å². The fourth-order valence-electron chi connectivity index (χ4n) is 4.55. The van der Waals surface area contributed by atoms with Crippen LogP contribution in [0.15, 0.2) is 18.2 Å². The van der Waals surface area contributed by atoms with Crippen LogP contribution in [0.25, 0.3) is 0 Å². The van der Waals surface area contributed by atoms with Gasteiger partial charge in [0.2, 0.25) is 5.91 Å². The van der Waals surface area contributed by atoms with Crippen LogP contribution in [-0.4, -0.2) is 5.91 Å². The van der Waals surface area contributed by atoms with Gasteiger partial charge in [0.25, 0.3) is 0 Å². The number of fused-ring (bicyclic) bond motifs is 5. The number of nitrogens with one attached hydrogen (secondary N) is 1. The first kappa shape index (κ1) is 11.3. The molecule has 100 valence electrons. The molecule has 2 bridgehead atoms. The number of halogens is 1. The highest BCUT2D eigenvalue weighted by Crippen LogP contribution is 2.69. The first-order chi connectivity index (χ1) is 9.16. The molecule has 3 N–H and O–H groups in total. The second-order valence-corrected chi connectivity index (χ2v) is 6.21. The molecule has 4 unspecified atom stereocenters. The van der Waals surface area contributed by atoms with Crippen LogP contribution in [0.1, 0.15) is 19.3 Å². The number of benzene rings is 1. The summed E-state index contributed by atoms with van der Waals surface area (Å²) < 4.78 is 13.7. The molecule has 0 aromatic heterocycles. The third kappa shape index (κ3) is 1.52. The van der Waals surface area contributed by atoms with Crippen molar-refractivity contribution >= 4 is 17.3 Å². The van der Waals surface area contributed by atoms with E-state index < -0.39 is 5.82 Å². The molecule has 19 heavy (non-hydrogen) atoms. The monoisotopic (exact) mass is 260 g/mol. The minimum absolute atomic E-state index is 0.0385. The molecule has 3 aliphatic carbocycles. The zero-order chi connectivity index (χ0) is 13.1. The van der Waals surface area contributed by atoms with E-state index in [4.69, 9.17) is 5.73 Å². The van der Waals surface area contributed by atoms with E-state index in [1.54, 1.807) is 12.1 Å². The molecule has 1 amide bonds. The lowest BCUT2D eigenvalue weighted by molar-refractivity contribution is -0.118. The van der Waals surface area contributed by atoms with Crippen LogP contribution in [-0.2, 0) is 4.79 Å². The number of para-hydroxylation sites is 1. The Hall–Kier alpha value is -1.58. The summed E-state index contributed by atoms with van der Waals surface area (Å²) in [6, 6.07) is 4.48. The molecule has 3 nitrogen and oxygen atoms in total. The average molecular weight is 260 g/mol. The summed E-state index contributed by atoms with van der Waals surface area (Å²) >= 11 is 0. The van der Waals surface area contributed by atoms with Gasteiger partial charge in [-0.05, 0) is 55.1 Å². The number of hydrogen-bond acceptors (Lipinski definition) is 2. The Kier molecular flexibility index (Phi) is 2.20. The Morgan fingerprint density at radius 2 is 1.95 bits per heavy atom. The van der Waals surface area contributed by atoms with Gasteiger partial charge in [-0.2, -0.15) is 0 Å². The van der Waals surface area contributed by atoms with Gasteiger partial charge in [-0.25, -0.2) is 4.39 Å². The zero-order valence-corrected chi connectivity index (χ0v) is 10.6. The quantitative estimate of drug-likeness (QED) is 0.803. The van der Waals surface area contributed by atoms with E-state index in [0.717, 1.165) is 11.8 Å². The van der Waals surface area contributed by atoms with Gasteiger partial charge in [0.15, 0.2) is 0 Å². The Bertz CT molecular complexity index is 523.